The second-order valence-corrected chi connectivity index (χ2v) is 5.71. The van der Waals surface area contributed by atoms with Crippen molar-refractivity contribution in [3.63, 3.8) is 0 Å². The molecule has 2 aromatic rings. The smallest absolute Gasteiger partial charge is 0.167 e. The number of hydrogen-bond donors (Lipinski definition) is 0. The number of benzene rings is 1. The molecule has 5 heteroatoms. The summed E-state index contributed by atoms with van der Waals surface area (Å²) in [4.78, 5) is 8.40. The van der Waals surface area contributed by atoms with Gasteiger partial charge in [-0.2, -0.15) is 0 Å². The van der Waals surface area contributed by atoms with Crippen LogP contribution in [-0.4, -0.2) is 31.2 Å². The molecule has 1 aliphatic heterocycles. The average molecular weight is 306 g/mol. The first kappa shape index (κ1) is 14.1. The van der Waals surface area contributed by atoms with Gasteiger partial charge in [0.05, 0.1) is 5.02 Å². The minimum atomic E-state index is -0.355. The summed E-state index contributed by atoms with van der Waals surface area (Å²) in [5.41, 5.74) is 2.47. The Kier molecular flexibility index (Phi) is 3.97. The van der Waals surface area contributed by atoms with Gasteiger partial charge in [0.15, 0.2) is 11.6 Å². The second kappa shape index (κ2) is 5.90. The lowest BCUT2D eigenvalue weighted by molar-refractivity contribution is 0.588. The van der Waals surface area contributed by atoms with Crippen LogP contribution in [0.5, 0.6) is 0 Å². The molecule has 0 saturated carbocycles. The number of aryl methyl sites for hydroxylation is 1. The van der Waals surface area contributed by atoms with E-state index in [9.17, 15) is 4.39 Å². The largest absolute Gasteiger partial charge is 0.368 e. The molecule has 0 aliphatic carbocycles. The molecule has 1 aliphatic rings. The van der Waals surface area contributed by atoms with Crippen molar-refractivity contribution >= 4 is 23.1 Å². The van der Waals surface area contributed by atoms with Crippen molar-refractivity contribution in [2.45, 2.75) is 6.92 Å². The lowest BCUT2D eigenvalue weighted by atomic mass is 10.2. The molecule has 0 amide bonds. The highest BCUT2D eigenvalue weighted by molar-refractivity contribution is 6.30. The number of aromatic nitrogens is 1. The Morgan fingerprint density at radius 2 is 1.81 bits per heavy atom. The van der Waals surface area contributed by atoms with Crippen molar-refractivity contribution in [1.82, 2.24) is 4.98 Å². The molecule has 0 N–H and O–H groups in total. The van der Waals surface area contributed by atoms with E-state index in [4.69, 9.17) is 11.6 Å². The van der Waals surface area contributed by atoms with E-state index >= 15 is 0 Å². The Balaban J connectivity index is 1.70. The highest BCUT2D eigenvalue weighted by Crippen LogP contribution is 2.23. The van der Waals surface area contributed by atoms with Crippen LogP contribution in [0.1, 0.15) is 5.56 Å². The SMILES string of the molecule is Cc1cccc(N2CCN(c3ncc(Cl)cc3F)CC2)c1. The molecule has 1 aromatic heterocycles. The van der Waals surface area contributed by atoms with Crippen molar-refractivity contribution in [3.05, 3.63) is 52.9 Å². The summed E-state index contributed by atoms with van der Waals surface area (Å²) in [6, 6.07) is 9.77. The van der Waals surface area contributed by atoms with Gasteiger partial charge in [-0.05, 0) is 30.7 Å². The van der Waals surface area contributed by atoms with Crippen LogP contribution in [0.25, 0.3) is 0 Å². The van der Waals surface area contributed by atoms with Crippen molar-refractivity contribution in [2.24, 2.45) is 0 Å². The molecule has 1 fully saturated rings. The minimum Gasteiger partial charge on any atom is -0.368 e. The lowest BCUT2D eigenvalue weighted by Crippen LogP contribution is -2.47. The summed E-state index contributed by atoms with van der Waals surface area (Å²) in [5.74, 6) is 0.0368. The molecule has 0 unspecified atom stereocenters. The van der Waals surface area contributed by atoms with Gasteiger partial charge in [0.1, 0.15) is 0 Å². The predicted octanol–water partition coefficient (Wildman–Crippen LogP) is 3.51. The number of pyridine rings is 1. The van der Waals surface area contributed by atoms with Gasteiger partial charge in [-0.15, -0.1) is 0 Å². The number of anilines is 2. The Morgan fingerprint density at radius 1 is 1.10 bits per heavy atom. The van der Waals surface area contributed by atoms with Crippen LogP contribution >= 0.6 is 11.6 Å². The van der Waals surface area contributed by atoms with Crippen LogP contribution in [0.15, 0.2) is 36.5 Å². The van der Waals surface area contributed by atoms with Crippen LogP contribution in [0, 0.1) is 12.7 Å². The fourth-order valence-corrected chi connectivity index (χ4v) is 2.79. The molecule has 21 heavy (non-hydrogen) atoms. The highest BCUT2D eigenvalue weighted by atomic mass is 35.5. The van der Waals surface area contributed by atoms with E-state index in [2.05, 4.69) is 41.1 Å². The molecule has 110 valence electrons. The predicted molar refractivity (Wildman–Crippen MR) is 84.8 cm³/mol. The summed E-state index contributed by atoms with van der Waals surface area (Å²) in [5, 5.41) is 0.328. The van der Waals surface area contributed by atoms with Gasteiger partial charge in [-0.25, -0.2) is 9.37 Å². The van der Waals surface area contributed by atoms with E-state index in [1.165, 1.54) is 23.5 Å². The van der Waals surface area contributed by atoms with Crippen molar-refractivity contribution in [3.8, 4) is 0 Å². The van der Waals surface area contributed by atoms with Gasteiger partial charge >= 0.3 is 0 Å². The fourth-order valence-electron chi connectivity index (χ4n) is 2.64. The van der Waals surface area contributed by atoms with Gasteiger partial charge in [0, 0.05) is 38.1 Å². The summed E-state index contributed by atoms with van der Waals surface area (Å²) in [6.07, 6.45) is 1.49. The third-order valence-corrected chi connectivity index (χ3v) is 3.94. The molecule has 0 bridgehead atoms. The number of rotatable bonds is 2. The fraction of sp³-hybridized carbons (Fsp3) is 0.312. The Hall–Kier alpha value is -1.81. The summed E-state index contributed by atoms with van der Waals surface area (Å²) in [6.45, 7) is 5.30. The number of nitrogens with zero attached hydrogens (tertiary/aromatic N) is 3. The van der Waals surface area contributed by atoms with Crippen molar-refractivity contribution in [2.75, 3.05) is 36.0 Å². The maximum absolute atomic E-state index is 13.9. The van der Waals surface area contributed by atoms with Crippen LogP contribution in [0.3, 0.4) is 0 Å². The first-order valence-corrected chi connectivity index (χ1v) is 7.39. The lowest BCUT2D eigenvalue weighted by Gasteiger charge is -2.36. The molecule has 1 saturated heterocycles. The van der Waals surface area contributed by atoms with Crippen LogP contribution in [0.4, 0.5) is 15.9 Å². The van der Waals surface area contributed by atoms with E-state index in [1.807, 2.05) is 4.90 Å². The van der Waals surface area contributed by atoms with Crippen molar-refractivity contribution in [1.29, 1.82) is 0 Å². The van der Waals surface area contributed by atoms with Gasteiger partial charge in [-0.1, -0.05) is 23.7 Å². The Bertz CT molecular complexity index is 639. The number of hydrogen-bond acceptors (Lipinski definition) is 3. The average Bonchev–Trinajstić information content (AvgIpc) is 2.47. The second-order valence-electron chi connectivity index (χ2n) is 5.27. The summed E-state index contributed by atoms with van der Waals surface area (Å²) in [7, 11) is 0. The zero-order valence-corrected chi connectivity index (χ0v) is 12.6. The molecule has 0 atom stereocenters. The zero-order chi connectivity index (χ0) is 14.8. The number of piperazine rings is 1. The molecular formula is C16H17ClFN3. The maximum Gasteiger partial charge on any atom is 0.167 e. The quantitative estimate of drug-likeness (QED) is 0.846. The van der Waals surface area contributed by atoms with Crippen LogP contribution < -0.4 is 9.80 Å². The first-order chi connectivity index (χ1) is 10.1. The van der Waals surface area contributed by atoms with E-state index in [0.29, 0.717) is 10.8 Å². The molecule has 3 rings (SSSR count). The van der Waals surface area contributed by atoms with Gasteiger partial charge in [0.25, 0.3) is 0 Å². The Morgan fingerprint density at radius 3 is 2.48 bits per heavy atom. The molecular weight excluding hydrogens is 289 g/mol. The van der Waals surface area contributed by atoms with E-state index < -0.39 is 0 Å². The minimum absolute atomic E-state index is 0.328. The first-order valence-electron chi connectivity index (χ1n) is 7.01. The normalized spacial score (nSPS) is 15.4. The van der Waals surface area contributed by atoms with E-state index in [1.54, 1.807) is 0 Å². The van der Waals surface area contributed by atoms with E-state index in [0.717, 1.165) is 26.2 Å². The summed E-state index contributed by atoms with van der Waals surface area (Å²) < 4.78 is 13.9. The zero-order valence-electron chi connectivity index (χ0n) is 11.9. The van der Waals surface area contributed by atoms with Gasteiger partial charge in [0.2, 0.25) is 0 Å². The number of halogens is 2. The molecule has 2 heterocycles. The Labute approximate surface area is 129 Å². The van der Waals surface area contributed by atoms with Crippen molar-refractivity contribution < 1.29 is 4.39 Å². The third-order valence-electron chi connectivity index (χ3n) is 3.73. The highest BCUT2D eigenvalue weighted by Gasteiger charge is 2.20. The topological polar surface area (TPSA) is 19.4 Å². The molecule has 0 spiro atoms. The molecule has 0 radical (unpaired) electrons. The monoisotopic (exact) mass is 305 g/mol. The van der Waals surface area contributed by atoms with Crippen LogP contribution in [0.2, 0.25) is 5.02 Å². The summed E-state index contributed by atoms with van der Waals surface area (Å²) >= 11 is 5.74. The van der Waals surface area contributed by atoms with Gasteiger partial charge < -0.3 is 9.80 Å². The third kappa shape index (κ3) is 3.10. The molecule has 3 nitrogen and oxygen atoms in total. The maximum atomic E-state index is 13.9. The standard InChI is InChI=1S/C16H17ClFN3/c1-12-3-2-4-14(9-12)20-5-7-21(8-6-20)16-15(18)10-13(17)11-19-16/h2-4,9-11H,5-8H2,1H3. The van der Waals surface area contributed by atoms with Crippen LogP contribution in [-0.2, 0) is 0 Å². The molecule has 1 aromatic carbocycles. The van der Waals surface area contributed by atoms with E-state index in [-0.39, 0.29) is 5.82 Å². The van der Waals surface area contributed by atoms with Gasteiger partial charge in [-0.3, -0.25) is 0 Å².